The molecule has 0 fully saturated rings. The highest BCUT2D eigenvalue weighted by molar-refractivity contribution is 4.94. The Labute approximate surface area is 55.1 Å². The lowest BCUT2D eigenvalue weighted by atomic mass is 10.0. The number of aliphatic hydroxyl groups excluding tert-OH is 1. The molecule has 2 heteroatoms. The molecule has 0 aromatic rings. The second kappa shape index (κ2) is 2.99. The Bertz CT molecular complexity index is 109. The van der Waals surface area contributed by atoms with E-state index in [9.17, 15) is 0 Å². The maximum Gasteiger partial charge on any atom is 0.0869 e. The highest BCUT2D eigenvalue weighted by Gasteiger charge is 2.16. The van der Waals surface area contributed by atoms with Crippen LogP contribution in [0.4, 0.5) is 0 Å². The molecule has 0 aromatic heterocycles. The van der Waals surface area contributed by atoms with Gasteiger partial charge in [0.2, 0.25) is 0 Å². The fourth-order valence-electron chi connectivity index (χ4n) is 0.944. The monoisotopic (exact) mass is 128 g/mol. The summed E-state index contributed by atoms with van der Waals surface area (Å²) in [4.78, 5) is 0. The maximum absolute atomic E-state index is 8.70. The topological polar surface area (TPSA) is 29.5 Å². The molecular formula is C7H12O2. The van der Waals surface area contributed by atoms with Crippen LogP contribution < -0.4 is 0 Å². The van der Waals surface area contributed by atoms with Gasteiger partial charge in [0, 0.05) is 5.92 Å². The number of hydrogen-bond donors (Lipinski definition) is 1. The summed E-state index contributed by atoms with van der Waals surface area (Å²) in [5.41, 5.74) is 0. The number of aliphatic hydroxyl groups is 1. The van der Waals surface area contributed by atoms with Crippen LogP contribution in [0.2, 0.25) is 0 Å². The molecule has 1 N–H and O–H groups in total. The summed E-state index contributed by atoms with van der Waals surface area (Å²) in [7, 11) is 0. The molecule has 52 valence electrons. The quantitative estimate of drug-likeness (QED) is 0.523. The van der Waals surface area contributed by atoms with E-state index in [2.05, 4.69) is 6.08 Å². The van der Waals surface area contributed by atoms with Gasteiger partial charge in [0.05, 0.1) is 19.3 Å². The van der Waals surface area contributed by atoms with E-state index in [1.54, 1.807) is 0 Å². The number of rotatable bonds is 1. The number of ether oxygens (including phenoxy) is 1. The molecule has 0 aromatic carbocycles. The Morgan fingerprint density at radius 2 is 2.56 bits per heavy atom. The second-order valence-corrected chi connectivity index (χ2v) is 2.34. The summed E-state index contributed by atoms with van der Waals surface area (Å²) < 4.78 is 5.20. The summed E-state index contributed by atoms with van der Waals surface area (Å²) >= 11 is 0. The van der Waals surface area contributed by atoms with Crippen molar-refractivity contribution >= 4 is 0 Å². The van der Waals surface area contributed by atoms with Crippen molar-refractivity contribution in [1.29, 1.82) is 0 Å². The van der Waals surface area contributed by atoms with Gasteiger partial charge in [-0.15, -0.1) is 0 Å². The van der Waals surface area contributed by atoms with Crippen molar-refractivity contribution in [3.05, 3.63) is 12.2 Å². The predicted octanol–water partition coefficient (Wildman–Crippen LogP) is 0.570. The minimum absolute atomic E-state index is 0.0231. The lowest BCUT2D eigenvalue weighted by Crippen LogP contribution is -2.27. The van der Waals surface area contributed by atoms with E-state index in [1.807, 2.05) is 13.0 Å². The Hall–Kier alpha value is -0.340. The lowest BCUT2D eigenvalue weighted by Gasteiger charge is -2.22. The third kappa shape index (κ3) is 1.53. The molecule has 2 nitrogen and oxygen atoms in total. The summed E-state index contributed by atoms with van der Waals surface area (Å²) in [6.45, 7) is 2.82. The van der Waals surface area contributed by atoms with Gasteiger partial charge in [-0.2, -0.15) is 0 Å². The molecule has 1 aliphatic rings. The fraction of sp³-hybridized carbons (Fsp3) is 0.714. The van der Waals surface area contributed by atoms with Crippen LogP contribution in [0.5, 0.6) is 0 Å². The summed E-state index contributed by atoms with van der Waals surface area (Å²) in [6.07, 6.45) is 4.08. The van der Waals surface area contributed by atoms with Crippen molar-refractivity contribution < 1.29 is 9.84 Å². The molecule has 0 saturated carbocycles. The molecule has 1 heterocycles. The van der Waals surface area contributed by atoms with Gasteiger partial charge in [0.25, 0.3) is 0 Å². The van der Waals surface area contributed by atoms with Gasteiger partial charge in [-0.3, -0.25) is 0 Å². The van der Waals surface area contributed by atoms with Crippen LogP contribution in [0.1, 0.15) is 6.92 Å². The second-order valence-electron chi connectivity index (χ2n) is 2.34. The highest BCUT2D eigenvalue weighted by Crippen LogP contribution is 2.12. The van der Waals surface area contributed by atoms with Crippen molar-refractivity contribution in [2.24, 2.45) is 5.92 Å². The standard InChI is InChI=1S/C7H12O2/c1-6-3-2-4-9-7(6)5-8/h2-3,6-8H,4-5H2,1H3. The first-order chi connectivity index (χ1) is 4.34. The molecule has 1 rings (SSSR count). The lowest BCUT2D eigenvalue weighted by molar-refractivity contribution is -0.00163. The van der Waals surface area contributed by atoms with Crippen molar-refractivity contribution in [2.75, 3.05) is 13.2 Å². The van der Waals surface area contributed by atoms with Gasteiger partial charge in [-0.25, -0.2) is 0 Å². The molecule has 1 aliphatic heterocycles. The van der Waals surface area contributed by atoms with Gasteiger partial charge in [0.15, 0.2) is 0 Å². The van der Waals surface area contributed by atoms with Crippen LogP contribution in [0.3, 0.4) is 0 Å². The zero-order chi connectivity index (χ0) is 6.69. The molecule has 0 saturated heterocycles. The fourth-order valence-corrected chi connectivity index (χ4v) is 0.944. The minimum Gasteiger partial charge on any atom is -0.394 e. The Kier molecular flexibility index (Phi) is 2.25. The first kappa shape index (κ1) is 6.78. The largest absolute Gasteiger partial charge is 0.394 e. The minimum atomic E-state index is 0.0231. The molecule has 0 spiro atoms. The average Bonchev–Trinajstić information content (AvgIpc) is 1.89. The summed E-state index contributed by atoms with van der Waals surface area (Å²) in [6, 6.07) is 0. The van der Waals surface area contributed by atoms with E-state index in [1.165, 1.54) is 0 Å². The highest BCUT2D eigenvalue weighted by atomic mass is 16.5. The van der Waals surface area contributed by atoms with E-state index in [0.717, 1.165) is 0 Å². The Morgan fingerprint density at radius 1 is 1.78 bits per heavy atom. The van der Waals surface area contributed by atoms with E-state index in [-0.39, 0.29) is 12.7 Å². The summed E-state index contributed by atoms with van der Waals surface area (Å²) in [5.74, 6) is 0.365. The van der Waals surface area contributed by atoms with Gasteiger partial charge in [-0.1, -0.05) is 19.1 Å². The molecule has 0 amide bonds. The van der Waals surface area contributed by atoms with Crippen LogP contribution in [-0.4, -0.2) is 24.4 Å². The third-order valence-electron chi connectivity index (χ3n) is 1.61. The van der Waals surface area contributed by atoms with Crippen LogP contribution in [0, 0.1) is 5.92 Å². The van der Waals surface area contributed by atoms with Gasteiger partial charge >= 0.3 is 0 Å². The van der Waals surface area contributed by atoms with Crippen LogP contribution in [0.15, 0.2) is 12.2 Å². The van der Waals surface area contributed by atoms with Gasteiger partial charge in [-0.05, 0) is 0 Å². The van der Waals surface area contributed by atoms with E-state index >= 15 is 0 Å². The van der Waals surface area contributed by atoms with Crippen molar-refractivity contribution in [3.8, 4) is 0 Å². The normalized spacial score (nSPS) is 34.9. The van der Waals surface area contributed by atoms with Crippen LogP contribution >= 0.6 is 0 Å². The van der Waals surface area contributed by atoms with E-state index < -0.39 is 0 Å². The SMILES string of the molecule is CC1C=CCOC1CO. The average molecular weight is 128 g/mol. The molecule has 0 radical (unpaired) electrons. The first-order valence-corrected chi connectivity index (χ1v) is 3.23. The van der Waals surface area contributed by atoms with Crippen LogP contribution in [-0.2, 0) is 4.74 Å². The van der Waals surface area contributed by atoms with Crippen LogP contribution in [0.25, 0.3) is 0 Å². The molecule has 9 heavy (non-hydrogen) atoms. The third-order valence-corrected chi connectivity index (χ3v) is 1.61. The first-order valence-electron chi connectivity index (χ1n) is 3.23. The smallest absolute Gasteiger partial charge is 0.0869 e. The Morgan fingerprint density at radius 3 is 3.00 bits per heavy atom. The van der Waals surface area contributed by atoms with E-state index in [0.29, 0.717) is 12.5 Å². The maximum atomic E-state index is 8.70. The Balaban J connectivity index is 2.44. The van der Waals surface area contributed by atoms with Crippen molar-refractivity contribution in [2.45, 2.75) is 13.0 Å². The predicted molar refractivity (Wildman–Crippen MR) is 35.1 cm³/mol. The van der Waals surface area contributed by atoms with Crippen molar-refractivity contribution in [3.63, 3.8) is 0 Å². The van der Waals surface area contributed by atoms with E-state index in [4.69, 9.17) is 9.84 Å². The zero-order valence-electron chi connectivity index (χ0n) is 5.58. The molecule has 2 unspecified atom stereocenters. The number of hydrogen-bond acceptors (Lipinski definition) is 2. The summed E-state index contributed by atoms with van der Waals surface area (Å²) in [5, 5.41) is 8.70. The van der Waals surface area contributed by atoms with Gasteiger partial charge < -0.3 is 9.84 Å². The van der Waals surface area contributed by atoms with Crippen molar-refractivity contribution in [1.82, 2.24) is 0 Å². The molecule has 0 bridgehead atoms. The molecule has 2 atom stereocenters. The zero-order valence-corrected chi connectivity index (χ0v) is 5.58. The van der Waals surface area contributed by atoms with Gasteiger partial charge in [0.1, 0.15) is 0 Å². The molecular weight excluding hydrogens is 116 g/mol. The molecule has 0 aliphatic carbocycles.